The zero-order chi connectivity index (χ0) is 21.9. The first kappa shape index (κ1) is 20.3. The Kier molecular flexibility index (Phi) is 5.60. The number of piperidine rings is 1. The second kappa shape index (κ2) is 8.85. The summed E-state index contributed by atoms with van der Waals surface area (Å²) in [4.78, 5) is 24.1. The van der Waals surface area contributed by atoms with Crippen molar-refractivity contribution in [1.82, 2.24) is 15.3 Å². The fraction of sp³-hybridized carbons (Fsp3) is 0.192. The number of benzene rings is 2. The van der Waals surface area contributed by atoms with E-state index in [4.69, 9.17) is 0 Å². The van der Waals surface area contributed by atoms with Crippen LogP contribution in [0.5, 0.6) is 0 Å². The number of nitrogens with one attached hydrogen (secondary N) is 1. The van der Waals surface area contributed by atoms with Crippen molar-refractivity contribution in [2.24, 2.45) is 0 Å². The van der Waals surface area contributed by atoms with E-state index in [2.05, 4.69) is 15.3 Å². The number of rotatable bonds is 4. The maximum atomic E-state index is 15.2. The molecule has 0 unspecified atom stereocenters. The van der Waals surface area contributed by atoms with Crippen molar-refractivity contribution < 1.29 is 9.18 Å². The largest absolute Gasteiger partial charge is 0.315 e. The van der Waals surface area contributed by atoms with Gasteiger partial charge in [-0.2, -0.15) is 0 Å². The lowest BCUT2D eigenvalue weighted by molar-refractivity contribution is 0.0967. The fourth-order valence-corrected chi connectivity index (χ4v) is 4.23. The van der Waals surface area contributed by atoms with Gasteiger partial charge in [-0.3, -0.25) is 14.7 Å². The highest BCUT2D eigenvalue weighted by molar-refractivity contribution is 6.07. The Hall–Kier alpha value is -3.64. The maximum Gasteiger partial charge on any atom is 0.262 e. The summed E-state index contributed by atoms with van der Waals surface area (Å²) in [7, 11) is 0. The number of halogens is 1. The molecular weight excluding hydrogens is 403 g/mol. The Morgan fingerprint density at radius 3 is 2.59 bits per heavy atom. The number of hydrogen-bond donors (Lipinski definition) is 1. The number of nitrogens with zero attached hydrogens (tertiary/aromatic N) is 3. The first-order valence-electron chi connectivity index (χ1n) is 10.8. The molecule has 6 heteroatoms. The molecule has 160 valence electrons. The molecule has 1 amide bonds. The number of hydrogen-bond acceptors (Lipinski definition) is 4. The van der Waals surface area contributed by atoms with Gasteiger partial charge in [-0.25, -0.2) is 9.37 Å². The normalized spacial score (nSPS) is 16.1. The van der Waals surface area contributed by atoms with E-state index in [-0.39, 0.29) is 17.5 Å². The number of amides is 1. The average molecular weight is 426 g/mol. The van der Waals surface area contributed by atoms with Gasteiger partial charge in [0.05, 0.1) is 17.3 Å². The highest BCUT2D eigenvalue weighted by Gasteiger charge is 2.30. The molecule has 4 aromatic rings. The van der Waals surface area contributed by atoms with Crippen LogP contribution in [0.2, 0.25) is 0 Å². The minimum absolute atomic E-state index is 0.0326. The summed E-state index contributed by atoms with van der Waals surface area (Å²) in [6, 6.07) is 19.8. The van der Waals surface area contributed by atoms with Crippen LogP contribution in [0.4, 0.5) is 10.2 Å². The highest BCUT2D eigenvalue weighted by atomic mass is 19.1. The minimum atomic E-state index is -0.562. The molecule has 2 aromatic heterocycles. The molecule has 1 aliphatic rings. The van der Waals surface area contributed by atoms with E-state index in [0.717, 1.165) is 30.2 Å². The molecule has 3 heterocycles. The molecule has 32 heavy (non-hydrogen) atoms. The van der Waals surface area contributed by atoms with E-state index in [9.17, 15) is 4.79 Å². The number of anilines is 1. The Bertz CT molecular complexity index is 1260. The summed E-state index contributed by atoms with van der Waals surface area (Å²) in [5.41, 5.74) is 1.33. The van der Waals surface area contributed by atoms with Crippen molar-refractivity contribution in [2.45, 2.75) is 18.9 Å². The number of aromatic nitrogens is 2. The van der Waals surface area contributed by atoms with Crippen LogP contribution in [-0.2, 0) is 0 Å². The Morgan fingerprint density at radius 2 is 1.84 bits per heavy atom. The quantitative estimate of drug-likeness (QED) is 0.508. The maximum absolute atomic E-state index is 15.2. The number of pyridine rings is 2. The first-order chi connectivity index (χ1) is 15.7. The predicted octanol–water partition coefficient (Wildman–Crippen LogP) is 4.83. The lowest BCUT2D eigenvalue weighted by Gasteiger charge is -2.34. The van der Waals surface area contributed by atoms with E-state index in [1.165, 1.54) is 6.07 Å². The van der Waals surface area contributed by atoms with Crippen LogP contribution < -0.4 is 10.2 Å². The van der Waals surface area contributed by atoms with Crippen molar-refractivity contribution in [2.75, 3.05) is 18.0 Å². The van der Waals surface area contributed by atoms with Crippen molar-refractivity contribution >= 4 is 22.5 Å². The molecule has 5 nitrogen and oxygen atoms in total. The van der Waals surface area contributed by atoms with Gasteiger partial charge in [0.2, 0.25) is 0 Å². The summed E-state index contributed by atoms with van der Waals surface area (Å²) < 4.78 is 15.2. The number of carbonyl (C=O) groups excluding carboxylic acids is 1. The summed E-state index contributed by atoms with van der Waals surface area (Å²) in [6.45, 7) is 1.56. The predicted molar refractivity (Wildman–Crippen MR) is 124 cm³/mol. The van der Waals surface area contributed by atoms with Crippen molar-refractivity contribution in [3.8, 4) is 11.3 Å². The Labute approximate surface area is 185 Å². The van der Waals surface area contributed by atoms with Gasteiger partial charge in [0, 0.05) is 29.9 Å². The molecule has 1 saturated heterocycles. The van der Waals surface area contributed by atoms with Gasteiger partial charge in [0.25, 0.3) is 5.91 Å². The topological polar surface area (TPSA) is 58.1 Å². The molecule has 1 aliphatic heterocycles. The molecular formula is C26H23FN4O. The third kappa shape index (κ3) is 3.97. The molecule has 0 spiro atoms. The second-order valence-electron chi connectivity index (χ2n) is 7.97. The lowest BCUT2D eigenvalue weighted by atomic mass is 10.0. The lowest BCUT2D eigenvalue weighted by Crippen LogP contribution is -2.49. The summed E-state index contributed by atoms with van der Waals surface area (Å²) in [5, 5.41) is 5.34. The molecule has 0 radical (unpaired) electrons. The number of fused-ring (bicyclic) bond motifs is 1. The van der Waals surface area contributed by atoms with Crippen molar-refractivity contribution in [3.63, 3.8) is 0 Å². The first-order valence-corrected chi connectivity index (χ1v) is 10.8. The molecule has 0 aliphatic carbocycles. The van der Waals surface area contributed by atoms with Gasteiger partial charge >= 0.3 is 0 Å². The Morgan fingerprint density at radius 1 is 1.00 bits per heavy atom. The number of carbonyl (C=O) groups is 1. The van der Waals surface area contributed by atoms with Crippen LogP contribution in [0, 0.1) is 5.82 Å². The molecule has 1 fully saturated rings. The van der Waals surface area contributed by atoms with Gasteiger partial charge in [0.1, 0.15) is 11.6 Å². The van der Waals surface area contributed by atoms with E-state index in [0.29, 0.717) is 23.6 Å². The van der Waals surface area contributed by atoms with Gasteiger partial charge < -0.3 is 5.32 Å². The van der Waals surface area contributed by atoms with Crippen LogP contribution in [0.1, 0.15) is 23.2 Å². The van der Waals surface area contributed by atoms with Crippen molar-refractivity contribution in [1.29, 1.82) is 0 Å². The van der Waals surface area contributed by atoms with Crippen LogP contribution >= 0.6 is 0 Å². The molecule has 0 bridgehead atoms. The minimum Gasteiger partial charge on any atom is -0.315 e. The molecule has 5 rings (SSSR count). The molecule has 2 aromatic carbocycles. The Balaban J connectivity index is 1.54. The van der Waals surface area contributed by atoms with E-state index < -0.39 is 5.82 Å². The standard InChI is InChI=1S/C26H23FN4O/c27-23-14-19(24-9-3-4-13-29-24)10-11-22(23)26(32)31(21-8-5-12-28-17-21)25-15-18-6-1-2-7-20(18)16-30-25/h1-4,6-7,9-11,13-16,21,28H,5,8,12,17H2/t21-/m1/s1. The molecule has 1 N–H and O–H groups in total. The molecule has 1 atom stereocenters. The van der Waals surface area contributed by atoms with Crippen LogP contribution in [0.15, 0.2) is 79.1 Å². The van der Waals surface area contributed by atoms with E-state index >= 15 is 4.39 Å². The van der Waals surface area contributed by atoms with Gasteiger partial charge in [-0.15, -0.1) is 0 Å². The zero-order valence-corrected chi connectivity index (χ0v) is 17.5. The van der Waals surface area contributed by atoms with Gasteiger partial charge in [-0.1, -0.05) is 36.4 Å². The van der Waals surface area contributed by atoms with E-state index in [1.54, 1.807) is 29.4 Å². The smallest absolute Gasteiger partial charge is 0.262 e. The monoisotopic (exact) mass is 426 g/mol. The van der Waals surface area contributed by atoms with Crippen LogP contribution in [0.3, 0.4) is 0 Å². The molecule has 0 saturated carbocycles. The summed E-state index contributed by atoms with van der Waals surface area (Å²) >= 11 is 0. The third-order valence-corrected chi connectivity index (χ3v) is 5.88. The van der Waals surface area contributed by atoms with Gasteiger partial charge in [-0.05, 0) is 55.1 Å². The highest BCUT2D eigenvalue weighted by Crippen LogP contribution is 2.27. The second-order valence-corrected chi connectivity index (χ2v) is 7.97. The van der Waals surface area contributed by atoms with Crippen molar-refractivity contribution in [3.05, 3.63) is 90.5 Å². The summed E-state index contributed by atoms with van der Waals surface area (Å²) in [5.74, 6) is -0.408. The third-order valence-electron chi connectivity index (χ3n) is 5.88. The zero-order valence-electron chi connectivity index (χ0n) is 17.5. The fourth-order valence-electron chi connectivity index (χ4n) is 4.23. The van der Waals surface area contributed by atoms with Crippen LogP contribution in [-0.4, -0.2) is 35.0 Å². The average Bonchev–Trinajstić information content (AvgIpc) is 2.85. The SMILES string of the molecule is O=C(c1ccc(-c2ccccn2)cc1F)N(c1cc2ccccc2cn1)[C@@H]1CCCNC1. The van der Waals surface area contributed by atoms with E-state index in [1.807, 2.05) is 48.5 Å². The summed E-state index contributed by atoms with van der Waals surface area (Å²) in [6.07, 6.45) is 5.21. The van der Waals surface area contributed by atoms with Crippen LogP contribution in [0.25, 0.3) is 22.0 Å². The van der Waals surface area contributed by atoms with Gasteiger partial charge in [0.15, 0.2) is 0 Å².